The van der Waals surface area contributed by atoms with Gasteiger partial charge in [0.1, 0.15) is 0 Å². The van der Waals surface area contributed by atoms with Crippen molar-refractivity contribution < 1.29 is 14.3 Å². The van der Waals surface area contributed by atoms with Gasteiger partial charge in [0.2, 0.25) is 5.91 Å². The van der Waals surface area contributed by atoms with Crippen molar-refractivity contribution in [2.24, 2.45) is 0 Å². The standard InChI is InChI=1S/C23H23ClN4O3S/c1-3-13-28-21(16-5-9-18(24)10-6-16)26-27-23(28)32-15-20(29)25-19-11-7-17(8-12-19)22(30)31-14-4-2/h3,5-12H,1,4,13-15H2,2H3,(H,25,29). The number of anilines is 1. The largest absolute Gasteiger partial charge is 0.462 e. The van der Waals surface area contributed by atoms with Crippen LogP contribution in [0.15, 0.2) is 66.3 Å². The van der Waals surface area contributed by atoms with Gasteiger partial charge in [-0.1, -0.05) is 36.4 Å². The smallest absolute Gasteiger partial charge is 0.338 e. The number of benzene rings is 2. The minimum atomic E-state index is -0.377. The zero-order chi connectivity index (χ0) is 22.9. The van der Waals surface area contributed by atoms with E-state index < -0.39 is 0 Å². The molecule has 9 heteroatoms. The van der Waals surface area contributed by atoms with Gasteiger partial charge in [-0.3, -0.25) is 9.36 Å². The molecule has 0 aliphatic carbocycles. The third-order valence-electron chi connectivity index (χ3n) is 4.30. The molecule has 1 aromatic heterocycles. The van der Waals surface area contributed by atoms with E-state index in [0.717, 1.165) is 12.0 Å². The highest BCUT2D eigenvalue weighted by atomic mass is 35.5. The lowest BCUT2D eigenvalue weighted by molar-refractivity contribution is -0.113. The molecule has 3 rings (SSSR count). The van der Waals surface area contributed by atoms with Crippen molar-refractivity contribution in [3.63, 3.8) is 0 Å². The summed E-state index contributed by atoms with van der Waals surface area (Å²) in [7, 11) is 0. The van der Waals surface area contributed by atoms with Gasteiger partial charge in [-0.05, 0) is 55.0 Å². The normalized spacial score (nSPS) is 10.6. The number of nitrogens with one attached hydrogen (secondary N) is 1. The lowest BCUT2D eigenvalue weighted by Crippen LogP contribution is -2.15. The van der Waals surface area contributed by atoms with Crippen LogP contribution in [-0.2, 0) is 16.1 Å². The SMILES string of the molecule is C=CCn1c(SCC(=O)Nc2ccc(C(=O)OCCC)cc2)nnc1-c1ccc(Cl)cc1. The topological polar surface area (TPSA) is 86.1 Å². The highest BCUT2D eigenvalue weighted by Gasteiger charge is 2.15. The van der Waals surface area contributed by atoms with E-state index in [2.05, 4.69) is 22.1 Å². The third-order valence-corrected chi connectivity index (χ3v) is 5.52. The summed E-state index contributed by atoms with van der Waals surface area (Å²) < 4.78 is 6.99. The number of nitrogens with zero attached hydrogens (tertiary/aromatic N) is 3. The van der Waals surface area contributed by atoms with Gasteiger partial charge in [-0.2, -0.15) is 0 Å². The fourth-order valence-corrected chi connectivity index (χ4v) is 3.67. The first-order valence-electron chi connectivity index (χ1n) is 10.0. The molecule has 1 heterocycles. The molecule has 0 fully saturated rings. The molecule has 7 nitrogen and oxygen atoms in total. The molecule has 3 aromatic rings. The van der Waals surface area contributed by atoms with Crippen LogP contribution in [0.4, 0.5) is 5.69 Å². The maximum atomic E-state index is 12.4. The van der Waals surface area contributed by atoms with Gasteiger partial charge in [0.05, 0.1) is 17.9 Å². The van der Waals surface area contributed by atoms with Crippen LogP contribution in [-0.4, -0.2) is 39.0 Å². The molecule has 0 unspecified atom stereocenters. The maximum absolute atomic E-state index is 12.4. The highest BCUT2D eigenvalue weighted by Crippen LogP contribution is 2.25. The summed E-state index contributed by atoms with van der Waals surface area (Å²) in [4.78, 5) is 24.3. The second kappa shape index (κ2) is 11.5. The first-order valence-corrected chi connectivity index (χ1v) is 11.4. The Balaban J connectivity index is 1.61. The van der Waals surface area contributed by atoms with Crippen LogP contribution in [0.1, 0.15) is 23.7 Å². The molecule has 0 aliphatic heterocycles. The molecule has 0 radical (unpaired) electrons. The molecule has 1 N–H and O–H groups in total. The molecule has 0 saturated carbocycles. The zero-order valence-electron chi connectivity index (χ0n) is 17.6. The van der Waals surface area contributed by atoms with E-state index in [0.29, 0.717) is 40.4 Å². The lowest BCUT2D eigenvalue weighted by atomic mass is 10.2. The summed E-state index contributed by atoms with van der Waals surface area (Å²) in [5, 5.41) is 12.6. The van der Waals surface area contributed by atoms with E-state index in [4.69, 9.17) is 16.3 Å². The Hall–Kier alpha value is -3.10. The van der Waals surface area contributed by atoms with Gasteiger partial charge in [0, 0.05) is 22.8 Å². The molecule has 2 aromatic carbocycles. The number of esters is 1. The van der Waals surface area contributed by atoms with Crippen LogP contribution in [0.25, 0.3) is 11.4 Å². The first-order chi connectivity index (χ1) is 15.5. The molecule has 32 heavy (non-hydrogen) atoms. The number of allylic oxidation sites excluding steroid dienone is 1. The van der Waals surface area contributed by atoms with Crippen molar-refractivity contribution in [3.8, 4) is 11.4 Å². The quantitative estimate of drug-likeness (QED) is 0.252. The highest BCUT2D eigenvalue weighted by molar-refractivity contribution is 7.99. The third kappa shape index (κ3) is 6.21. The number of thioether (sulfide) groups is 1. The molecular weight excluding hydrogens is 448 g/mol. The summed E-state index contributed by atoms with van der Waals surface area (Å²) in [6.45, 7) is 6.61. The fraction of sp³-hybridized carbons (Fsp3) is 0.217. The number of ether oxygens (including phenoxy) is 1. The Morgan fingerprint density at radius 3 is 2.53 bits per heavy atom. The summed E-state index contributed by atoms with van der Waals surface area (Å²) in [5.74, 6) is 0.252. The summed E-state index contributed by atoms with van der Waals surface area (Å²) >= 11 is 7.25. The average Bonchev–Trinajstić information content (AvgIpc) is 3.20. The second-order valence-corrected chi connectivity index (χ2v) is 8.14. The Labute approximate surface area is 195 Å². The molecule has 0 atom stereocenters. The Morgan fingerprint density at radius 1 is 1.16 bits per heavy atom. The molecule has 0 saturated heterocycles. The lowest BCUT2D eigenvalue weighted by Gasteiger charge is -2.09. The van der Waals surface area contributed by atoms with Crippen LogP contribution in [0.2, 0.25) is 5.02 Å². The first kappa shape index (κ1) is 23.6. The predicted octanol–water partition coefficient (Wildman–Crippen LogP) is 5.08. The summed E-state index contributed by atoms with van der Waals surface area (Å²) in [6, 6.07) is 13.9. The molecule has 0 bridgehead atoms. The number of hydrogen-bond acceptors (Lipinski definition) is 6. The molecule has 166 valence electrons. The van der Waals surface area contributed by atoms with Crippen molar-refractivity contribution in [2.75, 3.05) is 17.7 Å². The van der Waals surface area contributed by atoms with E-state index in [9.17, 15) is 9.59 Å². The Bertz CT molecular complexity index is 1080. The van der Waals surface area contributed by atoms with Gasteiger partial charge in [0.25, 0.3) is 0 Å². The minimum Gasteiger partial charge on any atom is -0.462 e. The van der Waals surface area contributed by atoms with Crippen LogP contribution >= 0.6 is 23.4 Å². The predicted molar refractivity (Wildman–Crippen MR) is 127 cm³/mol. The Kier molecular flexibility index (Phi) is 8.47. The van der Waals surface area contributed by atoms with Gasteiger partial charge in [0.15, 0.2) is 11.0 Å². The van der Waals surface area contributed by atoms with Crippen LogP contribution < -0.4 is 5.32 Å². The van der Waals surface area contributed by atoms with Crippen LogP contribution in [0.3, 0.4) is 0 Å². The summed E-state index contributed by atoms with van der Waals surface area (Å²) in [6.07, 6.45) is 2.51. The molecule has 0 aliphatic rings. The van der Waals surface area contributed by atoms with E-state index in [1.54, 1.807) is 42.5 Å². The average molecular weight is 471 g/mol. The Morgan fingerprint density at radius 2 is 1.88 bits per heavy atom. The van der Waals surface area contributed by atoms with Crippen molar-refractivity contribution in [1.82, 2.24) is 14.8 Å². The number of carbonyl (C=O) groups is 2. The maximum Gasteiger partial charge on any atom is 0.338 e. The van der Waals surface area contributed by atoms with Crippen LogP contribution in [0.5, 0.6) is 0 Å². The number of halogens is 1. The van der Waals surface area contributed by atoms with Crippen LogP contribution in [0, 0.1) is 0 Å². The number of amides is 1. The van der Waals surface area contributed by atoms with E-state index in [1.165, 1.54) is 11.8 Å². The number of carbonyl (C=O) groups excluding carboxylic acids is 2. The molecule has 1 amide bonds. The minimum absolute atomic E-state index is 0.149. The van der Waals surface area contributed by atoms with E-state index >= 15 is 0 Å². The van der Waals surface area contributed by atoms with E-state index in [1.807, 2.05) is 23.6 Å². The second-order valence-electron chi connectivity index (χ2n) is 6.76. The van der Waals surface area contributed by atoms with Gasteiger partial charge in [-0.15, -0.1) is 16.8 Å². The van der Waals surface area contributed by atoms with Gasteiger partial charge in [-0.25, -0.2) is 4.79 Å². The van der Waals surface area contributed by atoms with Crippen molar-refractivity contribution in [2.45, 2.75) is 25.0 Å². The van der Waals surface area contributed by atoms with Crippen molar-refractivity contribution in [1.29, 1.82) is 0 Å². The number of hydrogen-bond donors (Lipinski definition) is 1. The molecule has 0 spiro atoms. The summed E-state index contributed by atoms with van der Waals surface area (Å²) in [5.41, 5.74) is 1.91. The number of aromatic nitrogens is 3. The fourth-order valence-electron chi connectivity index (χ4n) is 2.80. The zero-order valence-corrected chi connectivity index (χ0v) is 19.2. The van der Waals surface area contributed by atoms with Gasteiger partial charge >= 0.3 is 5.97 Å². The number of rotatable bonds is 10. The van der Waals surface area contributed by atoms with E-state index in [-0.39, 0.29) is 17.6 Å². The van der Waals surface area contributed by atoms with Crippen molar-refractivity contribution >= 4 is 40.9 Å². The van der Waals surface area contributed by atoms with Gasteiger partial charge < -0.3 is 10.1 Å². The molecular formula is C23H23ClN4O3S. The monoisotopic (exact) mass is 470 g/mol. The van der Waals surface area contributed by atoms with Crippen molar-refractivity contribution in [3.05, 3.63) is 71.8 Å².